The van der Waals surface area contributed by atoms with E-state index in [1.165, 1.54) is 10.9 Å². The van der Waals surface area contributed by atoms with E-state index < -0.39 is 0 Å². The number of anilines is 1. The van der Waals surface area contributed by atoms with Crippen LogP contribution in [0.5, 0.6) is 0 Å². The first kappa shape index (κ1) is 14.8. The SMILES string of the molecule is Nc1ccc2ncn(CC(=O)NCCn3ccnc3)c(=O)c2c1. The average molecular weight is 312 g/mol. The number of nitrogens with two attached hydrogens (primary N) is 1. The lowest BCUT2D eigenvalue weighted by Gasteiger charge is -2.08. The molecule has 3 N–H and O–H groups in total. The maximum atomic E-state index is 12.4. The molecule has 0 aliphatic carbocycles. The molecule has 0 fully saturated rings. The molecule has 0 atom stereocenters. The summed E-state index contributed by atoms with van der Waals surface area (Å²) in [5.41, 5.74) is 6.45. The van der Waals surface area contributed by atoms with Crippen LogP contribution in [0, 0.1) is 0 Å². The van der Waals surface area contributed by atoms with Gasteiger partial charge < -0.3 is 15.6 Å². The molecule has 3 aromatic rings. The highest BCUT2D eigenvalue weighted by molar-refractivity contribution is 5.81. The third kappa shape index (κ3) is 3.37. The summed E-state index contributed by atoms with van der Waals surface area (Å²) in [5, 5.41) is 3.16. The summed E-state index contributed by atoms with van der Waals surface area (Å²) in [5.74, 6) is -0.253. The van der Waals surface area contributed by atoms with Crippen LogP contribution in [0.15, 0.2) is 48.0 Å². The number of carbonyl (C=O) groups excluding carboxylic acids is 1. The van der Waals surface area contributed by atoms with Crippen LogP contribution in [0.1, 0.15) is 0 Å². The maximum absolute atomic E-state index is 12.4. The highest BCUT2D eigenvalue weighted by atomic mass is 16.2. The van der Waals surface area contributed by atoms with E-state index in [0.717, 1.165) is 0 Å². The number of imidazole rings is 1. The van der Waals surface area contributed by atoms with Gasteiger partial charge in [-0.3, -0.25) is 14.2 Å². The molecule has 0 unspecified atom stereocenters. The number of nitrogens with one attached hydrogen (secondary N) is 1. The molecule has 2 aromatic heterocycles. The molecule has 8 nitrogen and oxygen atoms in total. The Kier molecular flexibility index (Phi) is 4.05. The van der Waals surface area contributed by atoms with Crippen molar-refractivity contribution in [2.75, 3.05) is 12.3 Å². The Balaban J connectivity index is 1.67. The summed E-state index contributed by atoms with van der Waals surface area (Å²) in [6.07, 6.45) is 6.53. The monoisotopic (exact) mass is 312 g/mol. The van der Waals surface area contributed by atoms with Crippen LogP contribution in [0.4, 0.5) is 5.69 Å². The summed E-state index contributed by atoms with van der Waals surface area (Å²) in [7, 11) is 0. The summed E-state index contributed by atoms with van der Waals surface area (Å²) in [6, 6.07) is 4.93. The van der Waals surface area contributed by atoms with E-state index in [0.29, 0.717) is 29.7 Å². The number of hydrogen-bond acceptors (Lipinski definition) is 5. The molecular formula is C15H16N6O2. The van der Waals surface area contributed by atoms with Crippen LogP contribution in [0.2, 0.25) is 0 Å². The van der Waals surface area contributed by atoms with E-state index in [1.807, 2.05) is 10.8 Å². The number of benzene rings is 1. The predicted octanol–water partition coefficient (Wildman–Crippen LogP) is -0.00840. The molecule has 0 radical (unpaired) electrons. The Morgan fingerprint density at radius 2 is 2.17 bits per heavy atom. The molecule has 0 saturated carbocycles. The van der Waals surface area contributed by atoms with Gasteiger partial charge in [-0.15, -0.1) is 0 Å². The molecule has 0 bridgehead atoms. The molecule has 0 spiro atoms. The number of fused-ring (bicyclic) bond motifs is 1. The van der Waals surface area contributed by atoms with Crippen LogP contribution in [-0.4, -0.2) is 31.6 Å². The van der Waals surface area contributed by atoms with Crippen molar-refractivity contribution in [3.63, 3.8) is 0 Å². The number of nitrogens with zero attached hydrogens (tertiary/aromatic N) is 4. The van der Waals surface area contributed by atoms with Gasteiger partial charge in [-0.05, 0) is 18.2 Å². The van der Waals surface area contributed by atoms with Crippen molar-refractivity contribution in [3.8, 4) is 0 Å². The first-order valence-corrected chi connectivity index (χ1v) is 7.10. The Bertz CT molecular complexity index is 885. The maximum Gasteiger partial charge on any atom is 0.261 e. The zero-order chi connectivity index (χ0) is 16.2. The minimum absolute atomic E-state index is 0.0828. The first-order chi connectivity index (χ1) is 11.1. The Morgan fingerprint density at radius 3 is 2.96 bits per heavy atom. The highest BCUT2D eigenvalue weighted by Crippen LogP contribution is 2.10. The Morgan fingerprint density at radius 1 is 1.30 bits per heavy atom. The second kappa shape index (κ2) is 6.30. The summed E-state index contributed by atoms with van der Waals surface area (Å²) in [4.78, 5) is 32.4. The summed E-state index contributed by atoms with van der Waals surface area (Å²) in [6.45, 7) is 0.992. The molecule has 1 amide bonds. The third-order valence-corrected chi connectivity index (χ3v) is 3.41. The number of carbonyl (C=O) groups is 1. The number of aromatic nitrogens is 4. The van der Waals surface area contributed by atoms with Gasteiger partial charge in [0.1, 0.15) is 6.54 Å². The van der Waals surface area contributed by atoms with Crippen molar-refractivity contribution in [3.05, 3.63) is 53.6 Å². The molecule has 118 valence electrons. The quantitative estimate of drug-likeness (QED) is 0.644. The summed E-state index contributed by atoms with van der Waals surface area (Å²) < 4.78 is 3.13. The lowest BCUT2D eigenvalue weighted by atomic mass is 10.2. The first-order valence-electron chi connectivity index (χ1n) is 7.10. The van der Waals surface area contributed by atoms with Crippen molar-refractivity contribution in [1.29, 1.82) is 0 Å². The van der Waals surface area contributed by atoms with Crippen LogP contribution < -0.4 is 16.6 Å². The molecule has 23 heavy (non-hydrogen) atoms. The van der Waals surface area contributed by atoms with E-state index in [9.17, 15) is 9.59 Å². The lowest BCUT2D eigenvalue weighted by molar-refractivity contribution is -0.121. The molecule has 0 aliphatic rings. The fraction of sp³-hybridized carbons (Fsp3) is 0.200. The number of amides is 1. The van der Waals surface area contributed by atoms with Gasteiger partial charge in [0.2, 0.25) is 5.91 Å². The van der Waals surface area contributed by atoms with Gasteiger partial charge in [-0.25, -0.2) is 9.97 Å². The second-order valence-corrected chi connectivity index (χ2v) is 5.10. The van der Waals surface area contributed by atoms with E-state index >= 15 is 0 Å². The Hall–Kier alpha value is -3.16. The van der Waals surface area contributed by atoms with Crippen molar-refractivity contribution in [2.45, 2.75) is 13.1 Å². The Labute approximate surface area is 131 Å². The van der Waals surface area contributed by atoms with E-state index in [-0.39, 0.29) is 18.0 Å². The predicted molar refractivity (Wildman–Crippen MR) is 85.7 cm³/mol. The number of rotatable bonds is 5. The highest BCUT2D eigenvalue weighted by Gasteiger charge is 2.08. The van der Waals surface area contributed by atoms with Gasteiger partial charge in [-0.1, -0.05) is 0 Å². The van der Waals surface area contributed by atoms with Gasteiger partial charge >= 0.3 is 0 Å². The minimum Gasteiger partial charge on any atom is -0.399 e. The van der Waals surface area contributed by atoms with Crippen LogP contribution in [0.3, 0.4) is 0 Å². The van der Waals surface area contributed by atoms with Crippen LogP contribution >= 0.6 is 0 Å². The van der Waals surface area contributed by atoms with Gasteiger partial charge in [0.05, 0.1) is 23.6 Å². The van der Waals surface area contributed by atoms with Crippen LogP contribution in [-0.2, 0) is 17.9 Å². The third-order valence-electron chi connectivity index (χ3n) is 3.41. The molecule has 8 heteroatoms. The largest absolute Gasteiger partial charge is 0.399 e. The zero-order valence-electron chi connectivity index (χ0n) is 12.3. The standard InChI is InChI=1S/C15H16N6O2/c16-11-1-2-13-12(7-11)15(23)21(10-19-13)8-14(22)18-4-6-20-5-3-17-9-20/h1-3,5,7,9-10H,4,6,8,16H2,(H,18,22). The molecule has 2 heterocycles. The van der Waals surface area contributed by atoms with E-state index in [4.69, 9.17) is 5.73 Å². The van der Waals surface area contributed by atoms with E-state index in [1.54, 1.807) is 30.7 Å². The van der Waals surface area contributed by atoms with Crippen molar-refractivity contribution >= 4 is 22.5 Å². The molecule has 1 aromatic carbocycles. The molecule has 0 saturated heterocycles. The van der Waals surface area contributed by atoms with Gasteiger partial charge in [-0.2, -0.15) is 0 Å². The number of hydrogen-bond donors (Lipinski definition) is 2. The topological polar surface area (TPSA) is 108 Å². The van der Waals surface area contributed by atoms with Crippen molar-refractivity contribution in [2.24, 2.45) is 0 Å². The van der Waals surface area contributed by atoms with Crippen LogP contribution in [0.25, 0.3) is 10.9 Å². The second-order valence-electron chi connectivity index (χ2n) is 5.10. The molecular weight excluding hydrogens is 296 g/mol. The summed E-state index contributed by atoms with van der Waals surface area (Å²) >= 11 is 0. The normalized spacial score (nSPS) is 10.8. The minimum atomic E-state index is -0.285. The van der Waals surface area contributed by atoms with E-state index in [2.05, 4.69) is 15.3 Å². The lowest BCUT2D eigenvalue weighted by Crippen LogP contribution is -2.34. The fourth-order valence-electron chi connectivity index (χ4n) is 2.24. The molecule has 0 aliphatic heterocycles. The van der Waals surface area contributed by atoms with Crippen molar-refractivity contribution in [1.82, 2.24) is 24.4 Å². The smallest absolute Gasteiger partial charge is 0.261 e. The zero-order valence-corrected chi connectivity index (χ0v) is 12.3. The number of nitrogen functional groups attached to an aromatic ring is 1. The van der Waals surface area contributed by atoms with Gasteiger partial charge in [0, 0.05) is 31.2 Å². The van der Waals surface area contributed by atoms with Gasteiger partial charge in [0.15, 0.2) is 0 Å². The van der Waals surface area contributed by atoms with Crippen molar-refractivity contribution < 1.29 is 4.79 Å². The average Bonchev–Trinajstić information content (AvgIpc) is 3.04. The van der Waals surface area contributed by atoms with Gasteiger partial charge in [0.25, 0.3) is 5.56 Å². The molecule has 3 rings (SSSR count). The fourth-order valence-corrected chi connectivity index (χ4v) is 2.24.